The van der Waals surface area contributed by atoms with Gasteiger partial charge in [-0.2, -0.15) is 5.10 Å². The smallest absolute Gasteiger partial charge is 0.231 e. The summed E-state index contributed by atoms with van der Waals surface area (Å²) in [6.07, 6.45) is 0.133. The van der Waals surface area contributed by atoms with Crippen molar-refractivity contribution in [2.24, 2.45) is 5.10 Å². The number of benzene rings is 3. The van der Waals surface area contributed by atoms with E-state index in [2.05, 4.69) is 0 Å². The van der Waals surface area contributed by atoms with Crippen LogP contribution in [-0.4, -0.2) is 17.5 Å². The largest absolute Gasteiger partial charge is 0.464 e. The first-order valence-electron chi connectivity index (χ1n) is 9.63. The Hall–Kier alpha value is -3.25. The first-order chi connectivity index (χ1) is 14.7. The molecular weight excluding hydrogens is 407 g/mol. The van der Waals surface area contributed by atoms with Crippen LogP contribution in [0.2, 0.25) is 5.02 Å². The molecule has 7 heteroatoms. The second-order valence-electron chi connectivity index (χ2n) is 7.42. The standard InChI is InChI=1S/C23H16ClFN2O3/c24-15-5-7-20-17(10-15)19-11-18(13-4-6-21-22(9-13)29-12-28-21)26-27(19)23(30-20)14-2-1-3-16(25)8-14/h1-10,19,23H,11-12H2/t19-,23+/m0/s1. The maximum Gasteiger partial charge on any atom is 0.231 e. The maximum atomic E-state index is 13.9. The predicted octanol–water partition coefficient (Wildman–Crippen LogP) is 5.45. The Morgan fingerprint density at radius 3 is 2.73 bits per heavy atom. The number of hydrogen-bond donors (Lipinski definition) is 0. The lowest BCUT2D eigenvalue weighted by Crippen LogP contribution is -2.33. The van der Waals surface area contributed by atoms with Gasteiger partial charge in [0.2, 0.25) is 13.0 Å². The molecule has 2 atom stereocenters. The second-order valence-corrected chi connectivity index (χ2v) is 7.86. The average Bonchev–Trinajstić information content (AvgIpc) is 3.40. The summed E-state index contributed by atoms with van der Waals surface area (Å²) in [5.41, 5.74) is 3.53. The van der Waals surface area contributed by atoms with Gasteiger partial charge < -0.3 is 14.2 Å². The summed E-state index contributed by atoms with van der Waals surface area (Å²) < 4.78 is 31.1. The Morgan fingerprint density at radius 1 is 0.967 bits per heavy atom. The van der Waals surface area contributed by atoms with E-state index in [1.807, 2.05) is 41.4 Å². The number of nitrogens with zero attached hydrogens (tertiary/aromatic N) is 2. The van der Waals surface area contributed by atoms with E-state index in [0.29, 0.717) is 22.8 Å². The Bertz CT molecular complexity index is 1200. The highest BCUT2D eigenvalue weighted by atomic mass is 35.5. The van der Waals surface area contributed by atoms with Gasteiger partial charge in [0.05, 0.1) is 11.8 Å². The van der Waals surface area contributed by atoms with Crippen molar-refractivity contribution >= 4 is 17.3 Å². The molecule has 3 aliphatic heterocycles. The zero-order valence-electron chi connectivity index (χ0n) is 15.7. The van der Waals surface area contributed by atoms with E-state index in [4.69, 9.17) is 30.9 Å². The summed E-state index contributed by atoms with van der Waals surface area (Å²) in [4.78, 5) is 0. The van der Waals surface area contributed by atoms with E-state index < -0.39 is 6.23 Å². The molecule has 0 aliphatic carbocycles. The van der Waals surface area contributed by atoms with Gasteiger partial charge in [0.15, 0.2) is 11.5 Å². The number of ether oxygens (including phenoxy) is 3. The van der Waals surface area contributed by atoms with Crippen LogP contribution in [0.1, 0.15) is 35.4 Å². The van der Waals surface area contributed by atoms with Crippen LogP contribution < -0.4 is 14.2 Å². The van der Waals surface area contributed by atoms with Crippen molar-refractivity contribution in [1.82, 2.24) is 5.01 Å². The molecule has 0 aromatic heterocycles. The van der Waals surface area contributed by atoms with Gasteiger partial charge in [-0.05, 0) is 48.5 Å². The fourth-order valence-corrected chi connectivity index (χ4v) is 4.37. The van der Waals surface area contributed by atoms with Gasteiger partial charge in [-0.3, -0.25) is 0 Å². The van der Waals surface area contributed by atoms with Gasteiger partial charge >= 0.3 is 0 Å². The van der Waals surface area contributed by atoms with Crippen LogP contribution in [0.4, 0.5) is 4.39 Å². The third kappa shape index (κ3) is 2.79. The molecule has 3 aromatic carbocycles. The van der Waals surface area contributed by atoms with Gasteiger partial charge in [-0.15, -0.1) is 0 Å². The van der Waals surface area contributed by atoms with Crippen LogP contribution in [0.3, 0.4) is 0 Å². The van der Waals surface area contributed by atoms with E-state index in [0.717, 1.165) is 28.3 Å². The highest BCUT2D eigenvalue weighted by Crippen LogP contribution is 2.48. The average molecular weight is 423 g/mol. The third-order valence-electron chi connectivity index (χ3n) is 5.59. The third-order valence-corrected chi connectivity index (χ3v) is 5.83. The van der Waals surface area contributed by atoms with Gasteiger partial charge in [-0.25, -0.2) is 9.40 Å². The van der Waals surface area contributed by atoms with Crippen LogP contribution in [-0.2, 0) is 0 Å². The lowest BCUT2D eigenvalue weighted by Gasteiger charge is -2.38. The fourth-order valence-electron chi connectivity index (χ4n) is 4.19. The minimum Gasteiger partial charge on any atom is -0.464 e. The van der Waals surface area contributed by atoms with Gasteiger partial charge in [0, 0.05) is 28.1 Å². The van der Waals surface area contributed by atoms with Crippen molar-refractivity contribution in [3.63, 3.8) is 0 Å². The van der Waals surface area contributed by atoms with Crippen molar-refractivity contribution in [2.75, 3.05) is 6.79 Å². The number of rotatable bonds is 2. The van der Waals surface area contributed by atoms with Crippen molar-refractivity contribution in [1.29, 1.82) is 0 Å². The highest BCUT2D eigenvalue weighted by molar-refractivity contribution is 6.30. The van der Waals surface area contributed by atoms with Gasteiger partial charge in [0.1, 0.15) is 11.6 Å². The van der Waals surface area contributed by atoms with Crippen LogP contribution in [0.5, 0.6) is 17.2 Å². The molecule has 5 nitrogen and oxygen atoms in total. The molecule has 0 N–H and O–H groups in total. The molecular formula is C23H16ClFN2O3. The minimum atomic E-state index is -0.536. The summed E-state index contributed by atoms with van der Waals surface area (Å²) in [7, 11) is 0. The van der Waals surface area contributed by atoms with Crippen molar-refractivity contribution < 1.29 is 18.6 Å². The molecule has 0 bridgehead atoms. The van der Waals surface area contributed by atoms with E-state index in [-0.39, 0.29) is 18.7 Å². The highest BCUT2D eigenvalue weighted by Gasteiger charge is 2.41. The van der Waals surface area contributed by atoms with E-state index in [1.54, 1.807) is 12.1 Å². The number of hydrogen-bond acceptors (Lipinski definition) is 5. The van der Waals surface area contributed by atoms with Crippen LogP contribution in [0, 0.1) is 5.82 Å². The summed E-state index contributed by atoms with van der Waals surface area (Å²) >= 11 is 6.27. The number of halogens is 2. The Balaban J connectivity index is 1.44. The maximum absolute atomic E-state index is 13.9. The molecule has 0 saturated carbocycles. The molecule has 150 valence electrons. The fraction of sp³-hybridized carbons (Fsp3) is 0.174. The Labute approximate surface area is 177 Å². The first-order valence-corrected chi connectivity index (χ1v) is 10.0. The summed E-state index contributed by atoms with van der Waals surface area (Å²) in [5.74, 6) is 1.86. The molecule has 0 fully saturated rings. The van der Waals surface area contributed by atoms with Crippen LogP contribution in [0.15, 0.2) is 65.8 Å². The predicted molar refractivity (Wildman–Crippen MR) is 110 cm³/mol. The van der Waals surface area contributed by atoms with Crippen molar-refractivity contribution in [3.8, 4) is 17.2 Å². The monoisotopic (exact) mass is 422 g/mol. The zero-order chi connectivity index (χ0) is 20.2. The second kappa shape index (κ2) is 6.64. The SMILES string of the molecule is Fc1cccc([C@H]2Oc3ccc(Cl)cc3[C@@H]3CC(c4ccc5c(c4)OCO5)=NN23)c1. The molecule has 3 heterocycles. The van der Waals surface area contributed by atoms with E-state index in [9.17, 15) is 4.39 Å². The number of fused-ring (bicyclic) bond motifs is 4. The Kier molecular flexibility index (Phi) is 3.89. The lowest BCUT2D eigenvalue weighted by molar-refractivity contribution is -0.0192. The molecule has 3 aromatic rings. The number of hydrazone groups is 1. The van der Waals surface area contributed by atoms with Crippen molar-refractivity contribution in [3.05, 3.63) is 88.2 Å². The van der Waals surface area contributed by atoms with Crippen LogP contribution >= 0.6 is 11.6 Å². The zero-order valence-corrected chi connectivity index (χ0v) is 16.5. The molecule has 0 radical (unpaired) electrons. The molecule has 30 heavy (non-hydrogen) atoms. The van der Waals surface area contributed by atoms with Crippen molar-refractivity contribution in [2.45, 2.75) is 18.7 Å². The van der Waals surface area contributed by atoms with E-state index >= 15 is 0 Å². The summed E-state index contributed by atoms with van der Waals surface area (Å²) in [5, 5.41) is 7.42. The lowest BCUT2D eigenvalue weighted by atomic mass is 9.95. The van der Waals surface area contributed by atoms with Crippen LogP contribution in [0.25, 0.3) is 0 Å². The molecule has 0 amide bonds. The summed E-state index contributed by atoms with van der Waals surface area (Å²) in [6, 6.07) is 17.7. The molecule has 0 saturated heterocycles. The first kappa shape index (κ1) is 17.6. The van der Waals surface area contributed by atoms with E-state index in [1.165, 1.54) is 12.1 Å². The molecule has 0 unspecified atom stereocenters. The molecule has 6 rings (SSSR count). The molecule has 0 spiro atoms. The normalized spacial score (nSPS) is 21.0. The van der Waals surface area contributed by atoms with Gasteiger partial charge in [-0.1, -0.05) is 23.7 Å². The topological polar surface area (TPSA) is 43.3 Å². The quantitative estimate of drug-likeness (QED) is 0.550. The summed E-state index contributed by atoms with van der Waals surface area (Å²) in [6.45, 7) is 0.224. The molecule has 3 aliphatic rings. The Morgan fingerprint density at radius 2 is 1.83 bits per heavy atom. The minimum absolute atomic E-state index is 0.0684. The van der Waals surface area contributed by atoms with Gasteiger partial charge in [0.25, 0.3) is 0 Å².